The Morgan fingerprint density at radius 2 is 1.72 bits per heavy atom. The minimum absolute atomic E-state index is 0.739. The minimum atomic E-state index is 0.739. The van der Waals surface area contributed by atoms with Gasteiger partial charge in [-0.1, -0.05) is 24.3 Å². The van der Waals surface area contributed by atoms with Gasteiger partial charge >= 0.3 is 0 Å². The predicted octanol–water partition coefficient (Wildman–Crippen LogP) is 6.19. The molecule has 4 aromatic rings. The van der Waals surface area contributed by atoms with Gasteiger partial charge in [0.15, 0.2) is 0 Å². The summed E-state index contributed by atoms with van der Waals surface area (Å²) in [5.74, 6) is 1.49. The Hall–Kier alpha value is -3.88. The molecule has 0 bridgehead atoms. The van der Waals surface area contributed by atoms with Crippen molar-refractivity contribution in [3.63, 3.8) is 0 Å². The molecular weight excluding hydrogens is 508 g/mol. The number of thiazole rings is 1. The lowest BCUT2D eigenvalue weighted by molar-refractivity contribution is 0.122. The zero-order chi connectivity index (χ0) is 27.4. The molecule has 1 saturated heterocycles. The molecule has 0 aliphatic carbocycles. The van der Waals surface area contributed by atoms with Gasteiger partial charge in [-0.15, -0.1) is 11.3 Å². The zero-order valence-electron chi connectivity index (χ0n) is 23.1. The monoisotopic (exact) mass is 542 g/mol. The quantitative estimate of drug-likeness (QED) is 0.261. The summed E-state index contributed by atoms with van der Waals surface area (Å²) >= 11 is 1.55. The molecule has 0 atom stereocenters. The molecule has 0 amide bonds. The maximum atomic E-state index is 5.72. The molecule has 202 valence electrons. The van der Waals surface area contributed by atoms with E-state index in [0.29, 0.717) is 0 Å². The molecule has 2 heterocycles. The first-order chi connectivity index (χ1) is 19.0. The highest BCUT2D eigenvalue weighted by molar-refractivity contribution is 7.07. The second-order valence-corrected chi connectivity index (χ2v) is 10.3. The van der Waals surface area contributed by atoms with E-state index in [0.717, 1.165) is 76.4 Å². The van der Waals surface area contributed by atoms with Gasteiger partial charge in [0, 0.05) is 29.7 Å². The Kier molecular flexibility index (Phi) is 8.14. The summed E-state index contributed by atoms with van der Waals surface area (Å²) in [4.78, 5) is 8.17. The first kappa shape index (κ1) is 26.7. The normalized spacial score (nSPS) is 14.5. The first-order valence-electron chi connectivity index (χ1n) is 13.0. The summed E-state index contributed by atoms with van der Waals surface area (Å²) in [6, 6.07) is 20.5. The molecule has 3 aromatic carbocycles. The third kappa shape index (κ3) is 5.77. The second kappa shape index (κ2) is 11.9. The van der Waals surface area contributed by atoms with Crippen LogP contribution in [0.4, 0.5) is 11.4 Å². The lowest BCUT2D eigenvalue weighted by atomic mass is 10.1. The minimum Gasteiger partial charge on any atom is -0.497 e. The van der Waals surface area contributed by atoms with E-state index < -0.39 is 0 Å². The Labute approximate surface area is 233 Å². The van der Waals surface area contributed by atoms with Crippen molar-refractivity contribution < 1.29 is 14.2 Å². The van der Waals surface area contributed by atoms with Crippen molar-refractivity contribution in [1.29, 1.82) is 0 Å². The summed E-state index contributed by atoms with van der Waals surface area (Å²) in [7, 11) is 3.34. The fraction of sp³-hybridized carbons (Fsp3) is 0.290. The fourth-order valence-corrected chi connectivity index (χ4v) is 5.41. The van der Waals surface area contributed by atoms with E-state index in [4.69, 9.17) is 24.3 Å². The number of ether oxygens (including phenoxy) is 3. The van der Waals surface area contributed by atoms with Gasteiger partial charge in [-0.3, -0.25) is 0 Å². The van der Waals surface area contributed by atoms with Gasteiger partial charge in [0.2, 0.25) is 4.80 Å². The van der Waals surface area contributed by atoms with Crippen LogP contribution in [0.5, 0.6) is 11.5 Å². The number of nitrogens with zero attached hydrogens (tertiary/aromatic N) is 4. The molecule has 1 aliphatic rings. The van der Waals surface area contributed by atoms with Crippen molar-refractivity contribution in [3.8, 4) is 22.8 Å². The van der Waals surface area contributed by atoms with Crippen LogP contribution in [-0.4, -0.2) is 50.9 Å². The van der Waals surface area contributed by atoms with Crippen LogP contribution >= 0.6 is 11.3 Å². The van der Waals surface area contributed by atoms with Gasteiger partial charge in [0.25, 0.3) is 0 Å². The molecule has 0 radical (unpaired) electrons. The van der Waals surface area contributed by atoms with E-state index in [9.17, 15) is 0 Å². The number of hydrogen-bond donors (Lipinski definition) is 0. The predicted molar refractivity (Wildman–Crippen MR) is 159 cm³/mol. The van der Waals surface area contributed by atoms with Crippen LogP contribution in [0, 0.1) is 13.8 Å². The number of aromatic nitrogens is 1. The molecule has 1 aliphatic heterocycles. The molecule has 0 unspecified atom stereocenters. The summed E-state index contributed by atoms with van der Waals surface area (Å²) in [6.45, 7) is 9.58. The third-order valence-corrected chi connectivity index (χ3v) is 7.89. The molecule has 7 nitrogen and oxygen atoms in total. The number of anilines is 1. The third-order valence-electron chi connectivity index (χ3n) is 7.07. The van der Waals surface area contributed by atoms with Crippen molar-refractivity contribution in [2.24, 2.45) is 10.1 Å². The highest BCUT2D eigenvalue weighted by Crippen LogP contribution is 2.34. The summed E-state index contributed by atoms with van der Waals surface area (Å²) < 4.78 is 18.7. The van der Waals surface area contributed by atoms with Gasteiger partial charge < -0.3 is 19.1 Å². The molecule has 1 aromatic heterocycles. The highest BCUT2D eigenvalue weighted by Gasteiger charge is 2.16. The van der Waals surface area contributed by atoms with Gasteiger partial charge in [-0.25, -0.2) is 9.67 Å². The number of hydrogen-bond acceptors (Lipinski definition) is 7. The lowest BCUT2D eigenvalue weighted by Gasteiger charge is -2.28. The lowest BCUT2D eigenvalue weighted by Crippen LogP contribution is -2.36. The van der Waals surface area contributed by atoms with Crippen molar-refractivity contribution >= 4 is 28.4 Å². The maximum absolute atomic E-state index is 5.72. The number of aryl methyl sites for hydroxylation is 1. The molecule has 0 N–H and O–H groups in total. The van der Waals surface area contributed by atoms with E-state index in [-0.39, 0.29) is 0 Å². The Balaban J connectivity index is 1.62. The van der Waals surface area contributed by atoms with Crippen LogP contribution in [0.15, 0.2) is 76.1 Å². The number of methoxy groups -OCH3 is 2. The van der Waals surface area contributed by atoms with Gasteiger partial charge in [-0.05, 0) is 73.9 Å². The van der Waals surface area contributed by atoms with Gasteiger partial charge in [0.05, 0.1) is 44.5 Å². The fourth-order valence-electron chi connectivity index (χ4n) is 4.58. The Bertz CT molecular complexity index is 1550. The van der Waals surface area contributed by atoms with Crippen LogP contribution in [0.2, 0.25) is 0 Å². The van der Waals surface area contributed by atoms with Gasteiger partial charge in [0.1, 0.15) is 11.5 Å². The SMILES string of the molecule is COc1ccc(OC)c(-c2csc(=Nc3cccc(C)c3C)n2/N=C(\C)c2ccc(N3CCOCC3)cc2)c1. The van der Waals surface area contributed by atoms with E-state index in [1.54, 1.807) is 25.6 Å². The molecule has 1 fully saturated rings. The molecule has 0 spiro atoms. The Morgan fingerprint density at radius 3 is 2.44 bits per heavy atom. The van der Waals surface area contributed by atoms with Crippen LogP contribution in [0.1, 0.15) is 23.6 Å². The van der Waals surface area contributed by atoms with Crippen molar-refractivity contribution in [3.05, 3.63) is 87.5 Å². The maximum Gasteiger partial charge on any atom is 0.211 e. The van der Waals surface area contributed by atoms with E-state index in [1.165, 1.54) is 11.3 Å². The van der Waals surface area contributed by atoms with E-state index >= 15 is 0 Å². The average molecular weight is 543 g/mol. The number of morpholine rings is 1. The van der Waals surface area contributed by atoms with Crippen molar-refractivity contribution in [1.82, 2.24) is 4.68 Å². The number of rotatable bonds is 7. The van der Waals surface area contributed by atoms with Crippen molar-refractivity contribution in [2.75, 3.05) is 45.4 Å². The molecular formula is C31H34N4O3S. The highest BCUT2D eigenvalue weighted by atomic mass is 32.1. The summed E-state index contributed by atoms with van der Waals surface area (Å²) in [6.07, 6.45) is 0. The van der Waals surface area contributed by atoms with Crippen molar-refractivity contribution in [2.45, 2.75) is 20.8 Å². The van der Waals surface area contributed by atoms with Crippen LogP contribution < -0.4 is 19.2 Å². The molecule has 8 heteroatoms. The molecule has 5 rings (SSSR count). The summed E-state index contributed by atoms with van der Waals surface area (Å²) in [5, 5.41) is 7.18. The summed E-state index contributed by atoms with van der Waals surface area (Å²) in [5.41, 5.74) is 8.17. The first-order valence-corrected chi connectivity index (χ1v) is 13.9. The van der Waals surface area contributed by atoms with E-state index in [1.807, 2.05) is 41.9 Å². The van der Waals surface area contributed by atoms with Crippen LogP contribution in [0.25, 0.3) is 11.3 Å². The topological polar surface area (TPSA) is 60.6 Å². The largest absolute Gasteiger partial charge is 0.497 e. The zero-order valence-corrected chi connectivity index (χ0v) is 23.9. The number of benzene rings is 3. The van der Waals surface area contributed by atoms with Gasteiger partial charge in [-0.2, -0.15) is 5.10 Å². The average Bonchev–Trinajstić information content (AvgIpc) is 3.37. The van der Waals surface area contributed by atoms with Crippen LogP contribution in [-0.2, 0) is 4.74 Å². The molecule has 39 heavy (non-hydrogen) atoms. The van der Waals surface area contributed by atoms with Crippen LogP contribution in [0.3, 0.4) is 0 Å². The Morgan fingerprint density at radius 1 is 0.949 bits per heavy atom. The smallest absolute Gasteiger partial charge is 0.211 e. The van der Waals surface area contributed by atoms with E-state index in [2.05, 4.69) is 54.5 Å². The standard InChI is InChI=1S/C31H34N4O3S/c1-21-7-6-8-28(22(21)2)32-31-35(29(20-39-31)27-19-26(36-4)13-14-30(27)37-5)33-23(3)24-9-11-25(12-10-24)34-15-17-38-18-16-34/h6-14,19-20H,15-18H2,1-5H3/b32-31?,33-23+. The second-order valence-electron chi connectivity index (χ2n) is 9.44. The molecule has 0 saturated carbocycles.